The first-order valence-electron chi connectivity index (χ1n) is 4.76. The second-order valence-electron chi connectivity index (χ2n) is 3.42. The van der Waals surface area contributed by atoms with Crippen molar-refractivity contribution in [2.75, 3.05) is 0 Å². The molecular weight excluding hydrogens is 394 g/mol. The summed E-state index contributed by atoms with van der Waals surface area (Å²) in [4.78, 5) is 0. The topological polar surface area (TPSA) is 9.23 Å². The van der Waals surface area contributed by atoms with Gasteiger partial charge in [-0.3, -0.25) is 4.39 Å². The number of hydrogen-bond acceptors (Lipinski definition) is 1. The van der Waals surface area contributed by atoms with Crippen molar-refractivity contribution >= 4 is 0 Å². The third-order valence-electron chi connectivity index (χ3n) is 2.04. The number of rotatable bonds is 2. The number of ether oxygens (including phenoxy) is 1. The van der Waals surface area contributed by atoms with E-state index >= 15 is 0 Å². The monoisotopic (exact) mass is 403 g/mol. The van der Waals surface area contributed by atoms with E-state index in [1.54, 1.807) is 13.0 Å². The van der Waals surface area contributed by atoms with Gasteiger partial charge >= 0.3 is 0 Å². The summed E-state index contributed by atoms with van der Waals surface area (Å²) < 4.78 is 31.4. The molecule has 0 N–H and O–H groups in total. The molecule has 0 heterocycles. The summed E-state index contributed by atoms with van der Waals surface area (Å²) in [5.41, 5.74) is 0.802. The number of benzene rings is 2. The number of hydrogen-bond donors (Lipinski definition) is 0. The molecule has 0 radical (unpaired) electrons. The van der Waals surface area contributed by atoms with Crippen molar-refractivity contribution in [1.82, 2.24) is 0 Å². The van der Waals surface area contributed by atoms with Gasteiger partial charge < -0.3 is 4.74 Å². The summed E-state index contributed by atoms with van der Waals surface area (Å²) in [5, 5.41) is 0. The molecule has 88 valence electrons. The minimum atomic E-state index is -0.468. The second-order valence-corrected chi connectivity index (χ2v) is 3.42. The van der Waals surface area contributed by atoms with Crippen LogP contribution in [0.25, 0.3) is 0 Å². The van der Waals surface area contributed by atoms with Gasteiger partial charge in [0.1, 0.15) is 5.75 Å². The Morgan fingerprint density at radius 3 is 2.53 bits per heavy atom. The van der Waals surface area contributed by atoms with Crippen LogP contribution in [-0.2, 0) is 21.1 Å². The van der Waals surface area contributed by atoms with Crippen LogP contribution in [0.5, 0.6) is 11.5 Å². The Labute approximate surface area is 113 Å². The summed E-state index contributed by atoms with van der Waals surface area (Å²) >= 11 is 0. The number of aryl methyl sites for hydroxylation is 1. The maximum absolute atomic E-state index is 13.4. The van der Waals surface area contributed by atoms with Crippen LogP contribution in [-0.4, -0.2) is 0 Å². The maximum Gasteiger partial charge on any atom is 0.164 e. The van der Waals surface area contributed by atoms with Crippen molar-refractivity contribution in [1.29, 1.82) is 0 Å². The molecular formula is C13H9F2OW-. The van der Waals surface area contributed by atoms with Gasteiger partial charge in [-0.1, -0.05) is 12.1 Å². The molecule has 0 aliphatic heterocycles. The molecule has 0 saturated heterocycles. The van der Waals surface area contributed by atoms with E-state index in [0.717, 1.165) is 5.56 Å². The fourth-order valence-corrected chi connectivity index (χ4v) is 1.30. The summed E-state index contributed by atoms with van der Waals surface area (Å²) in [6.07, 6.45) is 0. The molecule has 0 fully saturated rings. The summed E-state index contributed by atoms with van der Waals surface area (Å²) in [6.45, 7) is 1.78. The van der Waals surface area contributed by atoms with Gasteiger partial charge in [-0.2, -0.15) is 6.07 Å². The molecule has 0 atom stereocenters. The fraction of sp³-hybridized carbons (Fsp3) is 0.0769. The van der Waals surface area contributed by atoms with Gasteiger partial charge in [0.15, 0.2) is 5.82 Å². The summed E-state index contributed by atoms with van der Waals surface area (Å²) in [5.74, 6) is -0.637. The zero-order valence-electron chi connectivity index (χ0n) is 9.04. The molecule has 0 saturated carbocycles. The molecule has 0 bridgehead atoms. The Hall–Kier alpha value is -1.21. The van der Waals surface area contributed by atoms with Crippen LogP contribution in [0.4, 0.5) is 8.78 Å². The molecule has 17 heavy (non-hydrogen) atoms. The third-order valence-corrected chi connectivity index (χ3v) is 2.04. The Balaban J connectivity index is 0.00000144. The van der Waals surface area contributed by atoms with Gasteiger partial charge in [0.05, 0.1) is 0 Å². The molecule has 0 spiro atoms. The van der Waals surface area contributed by atoms with Gasteiger partial charge in [0, 0.05) is 32.6 Å². The van der Waals surface area contributed by atoms with Crippen molar-refractivity contribution in [3.8, 4) is 11.5 Å². The smallest absolute Gasteiger partial charge is 0.164 e. The van der Waals surface area contributed by atoms with Crippen LogP contribution in [0, 0.1) is 24.6 Å². The molecule has 0 aliphatic carbocycles. The van der Waals surface area contributed by atoms with E-state index in [2.05, 4.69) is 6.07 Å². The molecule has 2 rings (SSSR count). The van der Waals surface area contributed by atoms with Crippen molar-refractivity contribution in [2.45, 2.75) is 6.92 Å². The Morgan fingerprint density at radius 2 is 1.88 bits per heavy atom. The Kier molecular flexibility index (Phi) is 4.83. The van der Waals surface area contributed by atoms with E-state index in [9.17, 15) is 8.78 Å². The zero-order valence-corrected chi connectivity index (χ0v) is 12.0. The molecule has 0 aliphatic rings. The van der Waals surface area contributed by atoms with Gasteiger partial charge in [-0.15, -0.1) is 12.1 Å². The van der Waals surface area contributed by atoms with Crippen molar-refractivity contribution in [2.24, 2.45) is 0 Å². The Bertz CT molecular complexity index is 515. The van der Waals surface area contributed by atoms with E-state index < -0.39 is 11.6 Å². The standard InChI is InChI=1S/C13H9F2O.W/c1-9-5-6-13(12(15)7-9)16-11-4-2-3-10(14)8-11;/h3-8H,1H3;/q-1;. The number of halogens is 2. The average molecular weight is 403 g/mol. The van der Waals surface area contributed by atoms with Crippen LogP contribution < -0.4 is 4.74 Å². The van der Waals surface area contributed by atoms with Crippen molar-refractivity contribution in [3.05, 3.63) is 59.7 Å². The molecule has 4 heteroatoms. The second kappa shape index (κ2) is 5.92. The van der Waals surface area contributed by atoms with Gasteiger partial charge in [-0.05, 0) is 24.6 Å². The fourth-order valence-electron chi connectivity index (χ4n) is 1.30. The van der Waals surface area contributed by atoms with Crippen molar-refractivity contribution in [3.63, 3.8) is 0 Å². The first kappa shape index (κ1) is 13.9. The van der Waals surface area contributed by atoms with E-state index in [1.165, 1.54) is 30.3 Å². The molecule has 1 nitrogen and oxygen atoms in total. The van der Waals surface area contributed by atoms with E-state index in [0.29, 0.717) is 0 Å². The van der Waals surface area contributed by atoms with Crippen LogP contribution in [0.3, 0.4) is 0 Å². The van der Waals surface area contributed by atoms with Crippen LogP contribution in [0.2, 0.25) is 0 Å². The van der Waals surface area contributed by atoms with Crippen molar-refractivity contribution < 1.29 is 34.6 Å². The summed E-state index contributed by atoms with van der Waals surface area (Å²) in [6, 6.07) is 11.0. The SMILES string of the molecule is Cc1ccc(Oc2c[c-]cc(F)c2)c(F)c1.[W]. The van der Waals surface area contributed by atoms with E-state index in [4.69, 9.17) is 4.74 Å². The van der Waals surface area contributed by atoms with Crippen LogP contribution in [0.15, 0.2) is 36.4 Å². The third kappa shape index (κ3) is 3.64. The largest absolute Gasteiger partial charge is 0.514 e. The van der Waals surface area contributed by atoms with Crippen LogP contribution in [0.1, 0.15) is 5.56 Å². The van der Waals surface area contributed by atoms with E-state index in [1.807, 2.05) is 0 Å². The molecule has 2 aromatic carbocycles. The normalized spacial score (nSPS) is 9.59. The first-order valence-corrected chi connectivity index (χ1v) is 4.76. The molecule has 2 aromatic rings. The molecule has 0 amide bonds. The predicted octanol–water partition coefficient (Wildman–Crippen LogP) is 3.86. The molecule has 0 unspecified atom stereocenters. The van der Waals surface area contributed by atoms with Gasteiger partial charge in [-0.25, -0.2) is 4.39 Å². The van der Waals surface area contributed by atoms with Gasteiger partial charge in [0.25, 0.3) is 0 Å². The summed E-state index contributed by atoms with van der Waals surface area (Å²) in [7, 11) is 0. The average Bonchev–Trinajstić information content (AvgIpc) is 2.22. The minimum absolute atomic E-state index is 0. The quantitative estimate of drug-likeness (QED) is 0.693. The van der Waals surface area contributed by atoms with Gasteiger partial charge in [0.2, 0.25) is 0 Å². The Morgan fingerprint density at radius 1 is 1.12 bits per heavy atom. The predicted molar refractivity (Wildman–Crippen MR) is 56.4 cm³/mol. The van der Waals surface area contributed by atoms with Crippen LogP contribution >= 0.6 is 0 Å². The first-order chi connectivity index (χ1) is 7.65. The maximum atomic E-state index is 13.4. The van der Waals surface area contributed by atoms with E-state index in [-0.39, 0.29) is 32.6 Å². The minimum Gasteiger partial charge on any atom is -0.514 e. The zero-order chi connectivity index (χ0) is 11.5. The molecule has 0 aromatic heterocycles.